The van der Waals surface area contributed by atoms with Gasteiger partial charge in [0.25, 0.3) is 0 Å². The van der Waals surface area contributed by atoms with E-state index >= 15 is 0 Å². The molecule has 2 aromatic rings. The monoisotopic (exact) mass is 229 g/mol. The molecule has 0 aliphatic carbocycles. The maximum atomic E-state index is 9.06. The predicted molar refractivity (Wildman–Crippen MR) is 68.4 cm³/mol. The van der Waals surface area contributed by atoms with Gasteiger partial charge in [-0.25, -0.2) is 4.99 Å². The summed E-state index contributed by atoms with van der Waals surface area (Å²) in [5.41, 5.74) is 0.775. The summed E-state index contributed by atoms with van der Waals surface area (Å²) >= 11 is 1.48. The van der Waals surface area contributed by atoms with Crippen molar-refractivity contribution in [3.63, 3.8) is 0 Å². The van der Waals surface area contributed by atoms with E-state index in [0.29, 0.717) is 4.88 Å². The number of hydrogen-bond acceptors (Lipinski definition) is 3. The zero-order valence-electron chi connectivity index (χ0n) is 9.14. The van der Waals surface area contributed by atoms with Crippen molar-refractivity contribution in [3.05, 3.63) is 29.1 Å². The third-order valence-electron chi connectivity index (χ3n) is 2.09. The minimum absolute atomic E-state index is 0.666. The quantitative estimate of drug-likeness (QED) is 0.586. The lowest BCUT2D eigenvalue weighted by Crippen LogP contribution is -2.06. The SMILES string of the molecule is CN(C)C=Nc1c(C#N)sc2ccccc12. The van der Waals surface area contributed by atoms with E-state index in [9.17, 15) is 0 Å². The summed E-state index contributed by atoms with van der Waals surface area (Å²) < 4.78 is 1.10. The second-order valence-corrected chi connectivity index (χ2v) is 4.65. The Balaban J connectivity index is 2.61. The fraction of sp³-hybridized carbons (Fsp3) is 0.167. The Hall–Kier alpha value is -1.86. The molecular weight excluding hydrogens is 218 g/mol. The molecule has 0 bridgehead atoms. The van der Waals surface area contributed by atoms with Crippen LogP contribution in [0.1, 0.15) is 4.88 Å². The molecule has 0 saturated carbocycles. The maximum Gasteiger partial charge on any atom is 0.131 e. The highest BCUT2D eigenvalue weighted by Gasteiger charge is 2.09. The maximum absolute atomic E-state index is 9.06. The van der Waals surface area contributed by atoms with Crippen molar-refractivity contribution >= 4 is 33.4 Å². The van der Waals surface area contributed by atoms with Gasteiger partial charge >= 0.3 is 0 Å². The zero-order valence-corrected chi connectivity index (χ0v) is 9.95. The van der Waals surface area contributed by atoms with Crippen LogP contribution in [-0.2, 0) is 0 Å². The lowest BCUT2D eigenvalue weighted by molar-refractivity contribution is 0.643. The third-order valence-corrected chi connectivity index (χ3v) is 3.15. The van der Waals surface area contributed by atoms with E-state index in [1.807, 2.05) is 43.3 Å². The van der Waals surface area contributed by atoms with Crippen LogP contribution in [0.5, 0.6) is 0 Å². The van der Waals surface area contributed by atoms with Gasteiger partial charge in [0.05, 0.1) is 6.34 Å². The highest BCUT2D eigenvalue weighted by Crippen LogP contribution is 2.36. The van der Waals surface area contributed by atoms with Gasteiger partial charge in [-0.15, -0.1) is 11.3 Å². The van der Waals surface area contributed by atoms with Crippen LogP contribution in [0.15, 0.2) is 29.3 Å². The van der Waals surface area contributed by atoms with Crippen LogP contribution in [0, 0.1) is 11.3 Å². The number of rotatable bonds is 2. The molecule has 0 fully saturated rings. The molecule has 0 N–H and O–H groups in total. The van der Waals surface area contributed by atoms with Crippen molar-refractivity contribution in [2.75, 3.05) is 14.1 Å². The van der Waals surface area contributed by atoms with E-state index in [0.717, 1.165) is 15.8 Å². The molecule has 0 atom stereocenters. The number of fused-ring (bicyclic) bond motifs is 1. The number of benzene rings is 1. The number of nitrogens with zero attached hydrogens (tertiary/aromatic N) is 3. The average Bonchev–Trinajstić information content (AvgIpc) is 2.64. The molecule has 1 aromatic carbocycles. The van der Waals surface area contributed by atoms with Gasteiger partial charge in [0, 0.05) is 24.2 Å². The number of hydrogen-bond donors (Lipinski definition) is 0. The highest BCUT2D eigenvalue weighted by molar-refractivity contribution is 7.20. The minimum atomic E-state index is 0.666. The van der Waals surface area contributed by atoms with Crippen LogP contribution in [0.3, 0.4) is 0 Å². The lowest BCUT2D eigenvalue weighted by Gasteiger charge is -2.01. The van der Waals surface area contributed by atoms with Crippen LogP contribution in [0.2, 0.25) is 0 Å². The Morgan fingerprint density at radius 3 is 2.81 bits per heavy atom. The Morgan fingerprint density at radius 2 is 2.12 bits per heavy atom. The topological polar surface area (TPSA) is 39.4 Å². The van der Waals surface area contributed by atoms with Crippen LogP contribution < -0.4 is 0 Å². The van der Waals surface area contributed by atoms with Gasteiger partial charge in [-0.1, -0.05) is 18.2 Å². The first-order valence-electron chi connectivity index (χ1n) is 4.84. The van der Waals surface area contributed by atoms with Gasteiger partial charge in [0.1, 0.15) is 16.6 Å². The normalized spacial score (nSPS) is 10.8. The van der Waals surface area contributed by atoms with Gasteiger partial charge in [0.2, 0.25) is 0 Å². The molecule has 0 amide bonds. The van der Waals surface area contributed by atoms with Crippen molar-refractivity contribution < 1.29 is 0 Å². The van der Waals surface area contributed by atoms with Crippen molar-refractivity contribution in [1.82, 2.24) is 4.90 Å². The van der Waals surface area contributed by atoms with E-state index < -0.39 is 0 Å². The Labute approximate surface area is 98.3 Å². The van der Waals surface area contributed by atoms with E-state index in [1.54, 1.807) is 6.34 Å². The van der Waals surface area contributed by atoms with Gasteiger partial charge in [-0.05, 0) is 6.07 Å². The van der Waals surface area contributed by atoms with Gasteiger partial charge in [0.15, 0.2) is 0 Å². The highest BCUT2D eigenvalue weighted by atomic mass is 32.1. The van der Waals surface area contributed by atoms with E-state index in [4.69, 9.17) is 5.26 Å². The van der Waals surface area contributed by atoms with Crippen LogP contribution in [-0.4, -0.2) is 25.3 Å². The summed E-state index contributed by atoms with van der Waals surface area (Å²) in [7, 11) is 3.81. The van der Waals surface area contributed by atoms with Crippen molar-refractivity contribution in [2.45, 2.75) is 0 Å². The second kappa shape index (κ2) is 4.33. The molecule has 2 rings (SSSR count). The Bertz CT molecular complexity index is 575. The molecule has 1 heterocycles. The van der Waals surface area contributed by atoms with Crippen LogP contribution in [0.25, 0.3) is 10.1 Å². The summed E-state index contributed by atoms with van der Waals surface area (Å²) in [5, 5.41) is 10.1. The number of aliphatic imine (C=N–C) groups is 1. The first kappa shape index (κ1) is 10.7. The largest absolute Gasteiger partial charge is 0.369 e. The summed E-state index contributed by atoms with van der Waals surface area (Å²) in [6.07, 6.45) is 1.72. The van der Waals surface area contributed by atoms with Crippen molar-refractivity contribution in [2.24, 2.45) is 4.99 Å². The molecule has 1 aromatic heterocycles. The molecule has 0 aliphatic rings. The third kappa shape index (κ3) is 1.90. The smallest absolute Gasteiger partial charge is 0.131 e. The summed E-state index contributed by atoms with van der Waals surface area (Å²) in [5.74, 6) is 0. The molecule has 0 aliphatic heterocycles. The molecule has 0 radical (unpaired) electrons. The summed E-state index contributed by atoms with van der Waals surface area (Å²) in [6.45, 7) is 0. The van der Waals surface area contributed by atoms with E-state index in [1.165, 1.54) is 11.3 Å². The summed E-state index contributed by atoms with van der Waals surface area (Å²) in [4.78, 5) is 6.87. The van der Waals surface area contributed by atoms with Gasteiger partial charge < -0.3 is 4.90 Å². The first-order chi connectivity index (χ1) is 7.72. The van der Waals surface area contributed by atoms with E-state index in [2.05, 4.69) is 11.1 Å². The van der Waals surface area contributed by atoms with Gasteiger partial charge in [-0.3, -0.25) is 0 Å². The second-order valence-electron chi connectivity index (χ2n) is 3.60. The fourth-order valence-corrected chi connectivity index (χ4v) is 2.36. The number of nitriles is 1. The van der Waals surface area contributed by atoms with Crippen LogP contribution in [0.4, 0.5) is 5.69 Å². The molecule has 3 nitrogen and oxygen atoms in total. The molecule has 0 saturated heterocycles. The predicted octanol–water partition coefficient (Wildman–Crippen LogP) is 2.99. The minimum Gasteiger partial charge on any atom is -0.369 e. The molecule has 0 spiro atoms. The number of thiophene rings is 1. The molecule has 80 valence electrons. The molecular formula is C12H11N3S. The summed E-state index contributed by atoms with van der Waals surface area (Å²) in [6, 6.07) is 10.1. The molecule has 0 unspecified atom stereocenters. The first-order valence-corrected chi connectivity index (χ1v) is 5.66. The molecule has 4 heteroatoms. The lowest BCUT2D eigenvalue weighted by atomic mass is 10.2. The Kier molecular flexibility index (Phi) is 2.88. The van der Waals surface area contributed by atoms with E-state index in [-0.39, 0.29) is 0 Å². The molecule has 16 heavy (non-hydrogen) atoms. The fourth-order valence-electron chi connectivity index (χ4n) is 1.41. The average molecular weight is 229 g/mol. The van der Waals surface area contributed by atoms with Crippen molar-refractivity contribution in [3.8, 4) is 6.07 Å². The van der Waals surface area contributed by atoms with Crippen LogP contribution >= 0.6 is 11.3 Å². The van der Waals surface area contributed by atoms with Crippen molar-refractivity contribution in [1.29, 1.82) is 5.26 Å². The standard InChI is InChI=1S/C12H11N3S/c1-15(2)8-14-12-9-5-3-4-6-10(9)16-11(12)7-13/h3-6,8H,1-2H3. The zero-order chi connectivity index (χ0) is 11.5. The Morgan fingerprint density at radius 1 is 1.38 bits per heavy atom. The van der Waals surface area contributed by atoms with Gasteiger partial charge in [-0.2, -0.15) is 5.26 Å².